The molecule has 2 aromatic rings. The van der Waals surface area contributed by atoms with Crippen LogP contribution in [0.1, 0.15) is 21.1 Å². The molecular formula is C12H9N3OS. The van der Waals surface area contributed by atoms with Gasteiger partial charge in [-0.3, -0.25) is 4.79 Å². The van der Waals surface area contributed by atoms with Gasteiger partial charge in [-0.1, -0.05) is 12.1 Å². The summed E-state index contributed by atoms with van der Waals surface area (Å²) in [5.41, 5.74) is 1.32. The van der Waals surface area contributed by atoms with Crippen molar-refractivity contribution in [3.63, 3.8) is 0 Å². The number of carbonyl (C=O) groups is 1. The molecule has 0 saturated heterocycles. The van der Waals surface area contributed by atoms with E-state index in [9.17, 15) is 4.79 Å². The number of amides is 1. The molecule has 0 aliphatic rings. The molecule has 1 amide bonds. The van der Waals surface area contributed by atoms with Crippen LogP contribution in [0.15, 0.2) is 29.6 Å². The topological polar surface area (TPSA) is 65.8 Å². The van der Waals surface area contributed by atoms with Crippen molar-refractivity contribution in [1.82, 2.24) is 4.98 Å². The smallest absolute Gasteiger partial charge is 0.275 e. The second-order valence-corrected chi connectivity index (χ2v) is 4.43. The molecule has 4 nitrogen and oxygen atoms in total. The first-order valence-electron chi connectivity index (χ1n) is 4.93. The molecule has 0 atom stereocenters. The Kier molecular flexibility index (Phi) is 3.17. The van der Waals surface area contributed by atoms with Crippen LogP contribution in [-0.4, -0.2) is 10.9 Å². The number of hydrogen-bond donors (Lipinski definition) is 1. The van der Waals surface area contributed by atoms with E-state index in [1.165, 1.54) is 11.3 Å². The fraction of sp³-hybridized carbons (Fsp3) is 0.0833. The van der Waals surface area contributed by atoms with Gasteiger partial charge in [-0.25, -0.2) is 4.98 Å². The van der Waals surface area contributed by atoms with Crippen LogP contribution in [-0.2, 0) is 0 Å². The number of nitrogens with one attached hydrogen (secondary N) is 1. The summed E-state index contributed by atoms with van der Waals surface area (Å²) in [6, 6.07) is 8.89. The van der Waals surface area contributed by atoms with E-state index in [-0.39, 0.29) is 5.91 Å². The maximum atomic E-state index is 11.8. The Bertz CT molecular complexity index is 598. The van der Waals surface area contributed by atoms with E-state index in [1.54, 1.807) is 29.6 Å². The highest BCUT2D eigenvalue weighted by Crippen LogP contribution is 2.15. The molecule has 1 aromatic carbocycles. The third-order valence-corrected chi connectivity index (χ3v) is 2.92. The molecule has 0 radical (unpaired) electrons. The van der Waals surface area contributed by atoms with Crippen LogP contribution in [0.2, 0.25) is 0 Å². The number of thiazole rings is 1. The molecule has 84 valence electrons. The van der Waals surface area contributed by atoms with Gasteiger partial charge in [0.1, 0.15) is 11.8 Å². The predicted octanol–water partition coefficient (Wildman–Crippen LogP) is 2.58. The van der Waals surface area contributed by atoms with Gasteiger partial charge in [0.2, 0.25) is 0 Å². The summed E-state index contributed by atoms with van der Waals surface area (Å²) in [5.74, 6) is -0.294. The van der Waals surface area contributed by atoms with Gasteiger partial charge in [0, 0.05) is 5.38 Å². The zero-order valence-electron chi connectivity index (χ0n) is 9.10. The molecule has 1 heterocycles. The van der Waals surface area contributed by atoms with Crippen LogP contribution < -0.4 is 5.32 Å². The average Bonchev–Trinajstić information content (AvgIpc) is 2.77. The van der Waals surface area contributed by atoms with Gasteiger partial charge in [-0.2, -0.15) is 5.26 Å². The molecule has 0 aliphatic heterocycles. The highest BCUT2D eigenvalue weighted by molar-refractivity contribution is 7.09. The van der Waals surface area contributed by atoms with Crippen molar-refractivity contribution < 1.29 is 4.79 Å². The van der Waals surface area contributed by atoms with E-state index in [4.69, 9.17) is 5.26 Å². The molecule has 17 heavy (non-hydrogen) atoms. The first kappa shape index (κ1) is 11.3. The number of anilines is 1. The number of para-hydroxylation sites is 1. The number of rotatable bonds is 2. The van der Waals surface area contributed by atoms with Gasteiger partial charge in [0.15, 0.2) is 0 Å². The molecule has 0 saturated carbocycles. The summed E-state index contributed by atoms with van der Waals surface area (Å²) in [5, 5.41) is 14.1. The lowest BCUT2D eigenvalue weighted by Crippen LogP contribution is -2.13. The maximum absolute atomic E-state index is 11.8. The number of benzene rings is 1. The summed E-state index contributed by atoms with van der Waals surface area (Å²) < 4.78 is 0. The molecule has 0 spiro atoms. The summed E-state index contributed by atoms with van der Waals surface area (Å²) >= 11 is 1.42. The van der Waals surface area contributed by atoms with E-state index in [1.807, 2.05) is 13.0 Å². The second kappa shape index (κ2) is 4.76. The molecule has 2 rings (SSSR count). The van der Waals surface area contributed by atoms with Gasteiger partial charge < -0.3 is 5.32 Å². The van der Waals surface area contributed by atoms with E-state index in [2.05, 4.69) is 10.3 Å². The molecule has 1 aromatic heterocycles. The summed E-state index contributed by atoms with van der Waals surface area (Å²) in [6.45, 7) is 1.84. The van der Waals surface area contributed by atoms with Crippen LogP contribution in [0.3, 0.4) is 0 Å². The third-order valence-electron chi connectivity index (χ3n) is 2.15. The quantitative estimate of drug-likeness (QED) is 0.881. The van der Waals surface area contributed by atoms with Crippen molar-refractivity contribution in [1.29, 1.82) is 5.26 Å². The van der Waals surface area contributed by atoms with Crippen LogP contribution in [0.5, 0.6) is 0 Å². The number of carbonyl (C=O) groups excluding carboxylic acids is 1. The monoisotopic (exact) mass is 243 g/mol. The Morgan fingerprint density at radius 3 is 2.88 bits per heavy atom. The van der Waals surface area contributed by atoms with Crippen LogP contribution in [0.25, 0.3) is 0 Å². The number of nitrogens with zero attached hydrogens (tertiary/aromatic N) is 2. The van der Waals surface area contributed by atoms with E-state index in [0.29, 0.717) is 16.9 Å². The number of hydrogen-bond acceptors (Lipinski definition) is 4. The van der Waals surface area contributed by atoms with Crippen molar-refractivity contribution in [2.24, 2.45) is 0 Å². The van der Waals surface area contributed by atoms with E-state index in [0.717, 1.165) is 5.01 Å². The largest absolute Gasteiger partial charge is 0.319 e. The highest BCUT2D eigenvalue weighted by atomic mass is 32.1. The Labute approximate surface area is 103 Å². The molecule has 0 fully saturated rings. The van der Waals surface area contributed by atoms with Gasteiger partial charge in [-0.15, -0.1) is 11.3 Å². The molecule has 1 N–H and O–H groups in total. The minimum absolute atomic E-state index is 0.294. The molecule has 0 unspecified atom stereocenters. The summed E-state index contributed by atoms with van der Waals surface area (Å²) in [7, 11) is 0. The fourth-order valence-electron chi connectivity index (χ4n) is 1.34. The van der Waals surface area contributed by atoms with Crippen LogP contribution in [0, 0.1) is 18.3 Å². The number of aryl methyl sites for hydroxylation is 1. The minimum Gasteiger partial charge on any atom is -0.319 e. The highest BCUT2D eigenvalue weighted by Gasteiger charge is 2.11. The molecule has 0 aliphatic carbocycles. The lowest BCUT2D eigenvalue weighted by Gasteiger charge is -2.04. The predicted molar refractivity (Wildman–Crippen MR) is 66.0 cm³/mol. The normalized spacial score (nSPS) is 9.65. The molecule has 0 bridgehead atoms. The maximum Gasteiger partial charge on any atom is 0.275 e. The Morgan fingerprint density at radius 2 is 2.24 bits per heavy atom. The van der Waals surface area contributed by atoms with E-state index >= 15 is 0 Å². The first-order chi connectivity index (χ1) is 8.20. The number of nitriles is 1. The van der Waals surface area contributed by atoms with Crippen molar-refractivity contribution in [2.75, 3.05) is 5.32 Å². The van der Waals surface area contributed by atoms with Crippen LogP contribution in [0.4, 0.5) is 5.69 Å². The zero-order valence-corrected chi connectivity index (χ0v) is 9.91. The Hall–Kier alpha value is -2.19. The van der Waals surface area contributed by atoms with E-state index < -0.39 is 0 Å². The van der Waals surface area contributed by atoms with Crippen LogP contribution >= 0.6 is 11.3 Å². The van der Waals surface area contributed by atoms with Gasteiger partial charge in [0.25, 0.3) is 5.91 Å². The molecule has 5 heteroatoms. The SMILES string of the molecule is Cc1nc(C(=O)Nc2ccccc2C#N)cs1. The Balaban J connectivity index is 2.22. The number of aromatic nitrogens is 1. The lowest BCUT2D eigenvalue weighted by molar-refractivity contribution is 0.102. The standard InChI is InChI=1S/C12H9N3OS/c1-8-14-11(7-17-8)12(16)15-10-5-3-2-4-9(10)6-13/h2-5,7H,1H3,(H,15,16). The second-order valence-electron chi connectivity index (χ2n) is 3.36. The van der Waals surface area contributed by atoms with Gasteiger partial charge in [0.05, 0.1) is 16.3 Å². The first-order valence-corrected chi connectivity index (χ1v) is 5.81. The summed E-state index contributed by atoms with van der Waals surface area (Å²) in [6.07, 6.45) is 0. The Morgan fingerprint density at radius 1 is 1.47 bits per heavy atom. The van der Waals surface area contributed by atoms with Crippen molar-refractivity contribution >= 4 is 22.9 Å². The minimum atomic E-state index is -0.294. The van der Waals surface area contributed by atoms with Crippen molar-refractivity contribution in [3.8, 4) is 6.07 Å². The van der Waals surface area contributed by atoms with Crippen molar-refractivity contribution in [3.05, 3.63) is 45.9 Å². The fourth-order valence-corrected chi connectivity index (χ4v) is 1.94. The lowest BCUT2D eigenvalue weighted by atomic mass is 10.2. The summed E-state index contributed by atoms with van der Waals surface area (Å²) in [4.78, 5) is 15.9. The van der Waals surface area contributed by atoms with Crippen molar-refractivity contribution in [2.45, 2.75) is 6.92 Å². The van der Waals surface area contributed by atoms with Gasteiger partial charge in [-0.05, 0) is 19.1 Å². The molecular weight excluding hydrogens is 234 g/mol. The third kappa shape index (κ3) is 2.49. The van der Waals surface area contributed by atoms with Gasteiger partial charge >= 0.3 is 0 Å². The average molecular weight is 243 g/mol. The zero-order chi connectivity index (χ0) is 12.3.